The van der Waals surface area contributed by atoms with E-state index in [-0.39, 0.29) is 6.42 Å². The van der Waals surface area contributed by atoms with E-state index in [0.717, 1.165) is 6.08 Å². The number of amides is 1. The highest BCUT2D eigenvalue weighted by Gasteiger charge is 2.12. The van der Waals surface area contributed by atoms with E-state index in [4.69, 9.17) is 8.48 Å². The molecule has 0 heterocycles. The molecule has 1 aliphatic carbocycles. The van der Waals surface area contributed by atoms with Crippen LogP contribution in [0.4, 0.5) is 4.39 Å². The summed E-state index contributed by atoms with van der Waals surface area (Å²) in [5, 5.41) is 0. The van der Waals surface area contributed by atoms with Crippen molar-refractivity contribution in [2.24, 2.45) is 11.7 Å². The molecule has 0 saturated heterocycles. The van der Waals surface area contributed by atoms with Crippen LogP contribution in [-0.4, -0.2) is 5.91 Å². The number of hydrogen-bond donors (Lipinski definition) is 1. The van der Waals surface area contributed by atoms with Crippen molar-refractivity contribution < 1.29 is 11.9 Å². The Labute approximate surface area is 67.4 Å². The summed E-state index contributed by atoms with van der Waals surface area (Å²) in [5.74, 6) is -2.29. The van der Waals surface area contributed by atoms with E-state index in [1.54, 1.807) is 0 Å². The summed E-state index contributed by atoms with van der Waals surface area (Å²) in [6.45, 7) is 0. The minimum Gasteiger partial charge on any atom is -0.370 e. The summed E-state index contributed by atoms with van der Waals surface area (Å²) in [6.07, 6.45) is 1.62. The summed E-state index contributed by atoms with van der Waals surface area (Å²) in [6, 6.07) is 0. The number of rotatable bonds is 2. The summed E-state index contributed by atoms with van der Waals surface area (Å²) in [5.41, 5.74) is 4.91. The van der Waals surface area contributed by atoms with Crippen molar-refractivity contribution in [1.82, 2.24) is 0 Å². The Bertz CT molecular complexity index is 286. The fourth-order valence-corrected chi connectivity index (χ4v) is 0.883. The van der Waals surface area contributed by atoms with Crippen LogP contribution in [0.25, 0.3) is 0 Å². The lowest BCUT2D eigenvalue weighted by Gasteiger charge is -2.11. The summed E-state index contributed by atoms with van der Waals surface area (Å²) < 4.78 is 27.6. The summed E-state index contributed by atoms with van der Waals surface area (Å²) in [7, 11) is 0. The molecule has 0 aromatic heterocycles. The van der Waals surface area contributed by atoms with Gasteiger partial charge in [0.15, 0.2) is 0 Å². The van der Waals surface area contributed by atoms with Gasteiger partial charge in [-0.25, -0.2) is 4.39 Å². The lowest BCUT2D eigenvalue weighted by atomic mass is 9.96. The minimum absolute atomic E-state index is 0.176. The van der Waals surface area contributed by atoms with Crippen LogP contribution in [-0.2, 0) is 4.79 Å². The van der Waals surface area contributed by atoms with Crippen LogP contribution in [0.3, 0.4) is 0 Å². The molecular formula is C8H10FNO. The van der Waals surface area contributed by atoms with Crippen LogP contribution >= 0.6 is 0 Å². The van der Waals surface area contributed by atoms with Crippen LogP contribution in [0, 0.1) is 5.92 Å². The molecule has 0 aromatic rings. The normalized spacial score (nSPS) is 30.3. The second-order valence-corrected chi connectivity index (χ2v) is 2.32. The lowest BCUT2D eigenvalue weighted by Crippen LogP contribution is -2.16. The molecule has 1 atom stereocenters. The Morgan fingerprint density at radius 3 is 3.36 bits per heavy atom. The zero-order valence-electron chi connectivity index (χ0n) is 7.88. The number of primary amides is 1. The first-order valence-corrected chi connectivity index (χ1v) is 3.27. The largest absolute Gasteiger partial charge is 0.370 e. The van der Waals surface area contributed by atoms with Crippen LogP contribution in [0.5, 0.6) is 0 Å². The molecule has 3 heteroatoms. The molecule has 1 aliphatic rings. The van der Waals surface area contributed by atoms with Gasteiger partial charge in [0, 0.05) is 15.5 Å². The van der Waals surface area contributed by atoms with Crippen molar-refractivity contribution in [1.29, 1.82) is 0 Å². The molecule has 1 amide bonds. The molecule has 60 valence electrons. The van der Waals surface area contributed by atoms with E-state index in [2.05, 4.69) is 0 Å². The van der Waals surface area contributed by atoms with Crippen molar-refractivity contribution in [2.75, 3.05) is 0 Å². The van der Waals surface area contributed by atoms with Gasteiger partial charge in [0.2, 0.25) is 5.91 Å². The molecule has 0 fully saturated rings. The van der Waals surface area contributed by atoms with Gasteiger partial charge in [-0.1, -0.05) is 12.2 Å². The van der Waals surface area contributed by atoms with Crippen LogP contribution in [0.1, 0.15) is 15.5 Å². The summed E-state index contributed by atoms with van der Waals surface area (Å²) in [4.78, 5) is 10.5. The first-order chi connectivity index (χ1) is 5.94. The van der Waals surface area contributed by atoms with Gasteiger partial charge in [-0.05, 0) is 12.0 Å². The maximum absolute atomic E-state index is 12.9. The number of carbonyl (C=O) groups is 1. The Hall–Kier alpha value is -1.12. The molecule has 2 N–H and O–H groups in total. The molecule has 0 bridgehead atoms. The molecule has 11 heavy (non-hydrogen) atoms. The number of halogens is 1. The quantitative estimate of drug-likeness (QED) is 0.644. The molecule has 1 rings (SSSR count). The fraction of sp³-hybridized carbons (Fsp3) is 0.375. The Kier molecular flexibility index (Phi) is 1.67. The van der Waals surface area contributed by atoms with Gasteiger partial charge >= 0.3 is 0 Å². The van der Waals surface area contributed by atoms with Gasteiger partial charge in [-0.2, -0.15) is 0 Å². The van der Waals surface area contributed by atoms with Gasteiger partial charge in [-0.15, -0.1) is 0 Å². The average Bonchev–Trinajstić information content (AvgIpc) is 1.99. The zero-order chi connectivity index (χ0) is 10.1. The number of carbonyl (C=O) groups excluding carboxylic acids is 1. The first-order valence-electron chi connectivity index (χ1n) is 4.27. The number of nitrogens with two attached hydrogens (primary N) is 1. The van der Waals surface area contributed by atoms with Crippen LogP contribution in [0.15, 0.2) is 24.1 Å². The summed E-state index contributed by atoms with van der Waals surface area (Å²) >= 11 is 0. The second kappa shape index (κ2) is 3.32. The van der Waals surface area contributed by atoms with Crippen molar-refractivity contribution in [3.05, 3.63) is 24.1 Å². The molecule has 0 spiro atoms. The molecule has 0 aliphatic heterocycles. The Morgan fingerprint density at radius 2 is 2.73 bits per heavy atom. The van der Waals surface area contributed by atoms with E-state index >= 15 is 0 Å². The minimum atomic E-state index is -2.11. The maximum atomic E-state index is 12.9. The standard InChI is InChI=1S/C8H10FNO/c9-7-3-1-2-6(4-7)5-8(10)11/h1-3,6H,4-5H2,(H2,10,11)/i4D2. The van der Waals surface area contributed by atoms with Gasteiger partial charge in [0.05, 0.1) is 0 Å². The highest BCUT2D eigenvalue weighted by Crippen LogP contribution is 2.21. The molecule has 2 nitrogen and oxygen atoms in total. The number of hydrogen-bond acceptors (Lipinski definition) is 1. The van der Waals surface area contributed by atoms with E-state index in [0.29, 0.717) is 0 Å². The van der Waals surface area contributed by atoms with Gasteiger partial charge in [0.25, 0.3) is 0 Å². The number of allylic oxidation sites excluding steroid dienone is 4. The van der Waals surface area contributed by atoms with Crippen molar-refractivity contribution in [2.45, 2.75) is 12.8 Å². The second-order valence-electron chi connectivity index (χ2n) is 2.32. The first kappa shape index (κ1) is 5.52. The third-order valence-electron chi connectivity index (χ3n) is 1.33. The molecule has 0 saturated carbocycles. The Morgan fingerprint density at radius 1 is 2.00 bits per heavy atom. The average molecular weight is 157 g/mol. The van der Waals surface area contributed by atoms with Gasteiger partial charge in [0.1, 0.15) is 5.83 Å². The predicted molar refractivity (Wildman–Crippen MR) is 40.2 cm³/mol. The van der Waals surface area contributed by atoms with Crippen molar-refractivity contribution >= 4 is 5.91 Å². The van der Waals surface area contributed by atoms with Gasteiger partial charge < -0.3 is 5.73 Å². The van der Waals surface area contributed by atoms with E-state index in [1.807, 2.05) is 0 Å². The van der Waals surface area contributed by atoms with E-state index in [1.165, 1.54) is 12.2 Å². The molecule has 1 unspecified atom stereocenters. The highest BCUT2D eigenvalue weighted by molar-refractivity contribution is 5.74. The zero-order valence-corrected chi connectivity index (χ0v) is 5.88. The Balaban J connectivity index is 2.83. The third-order valence-corrected chi connectivity index (χ3v) is 1.33. The van der Waals surface area contributed by atoms with Crippen LogP contribution in [0.2, 0.25) is 0 Å². The predicted octanol–water partition coefficient (Wildman–Crippen LogP) is 1.29. The smallest absolute Gasteiger partial charge is 0.218 e. The monoisotopic (exact) mass is 157 g/mol. The van der Waals surface area contributed by atoms with Crippen LogP contribution < -0.4 is 5.73 Å². The molecule has 0 aromatic carbocycles. The topological polar surface area (TPSA) is 43.1 Å². The van der Waals surface area contributed by atoms with E-state index in [9.17, 15) is 9.18 Å². The maximum Gasteiger partial charge on any atom is 0.218 e. The molecule has 0 radical (unpaired) electrons. The van der Waals surface area contributed by atoms with E-state index < -0.39 is 24.0 Å². The SMILES string of the molecule is [2H]C1([2H])C(F)=CC=CC1CC(N)=O. The highest BCUT2D eigenvalue weighted by atomic mass is 19.1. The fourth-order valence-electron chi connectivity index (χ4n) is 0.883. The van der Waals surface area contributed by atoms with Gasteiger partial charge in [-0.3, -0.25) is 4.79 Å². The molecular weight excluding hydrogens is 145 g/mol. The van der Waals surface area contributed by atoms with Crippen molar-refractivity contribution in [3.63, 3.8) is 0 Å². The lowest BCUT2D eigenvalue weighted by molar-refractivity contribution is -0.118. The third kappa shape index (κ3) is 2.53. The van der Waals surface area contributed by atoms with Crippen molar-refractivity contribution in [3.8, 4) is 0 Å².